The highest BCUT2D eigenvalue weighted by Crippen LogP contribution is 2.34. The van der Waals surface area contributed by atoms with Crippen LogP contribution in [0.15, 0.2) is 24.4 Å². The molecule has 0 saturated carbocycles. The van der Waals surface area contributed by atoms with E-state index in [0.717, 1.165) is 18.3 Å². The average molecular weight is 432 g/mol. The van der Waals surface area contributed by atoms with Gasteiger partial charge in [-0.05, 0) is 6.07 Å². The van der Waals surface area contributed by atoms with E-state index >= 15 is 0 Å². The first-order chi connectivity index (χ1) is 12.5. The molecule has 0 saturated heterocycles. The number of ether oxygens (including phenoxy) is 2. The highest BCUT2D eigenvalue weighted by atomic mass is 35.5. The molecule has 2 aromatic rings. The molecule has 0 unspecified atom stereocenters. The van der Waals surface area contributed by atoms with Crippen molar-refractivity contribution in [2.24, 2.45) is 0 Å². The van der Waals surface area contributed by atoms with Crippen molar-refractivity contribution in [1.82, 2.24) is 4.98 Å². The van der Waals surface area contributed by atoms with Gasteiger partial charge in [-0.3, -0.25) is 0 Å². The first-order valence-electron chi connectivity index (χ1n) is 6.85. The summed E-state index contributed by atoms with van der Waals surface area (Å²) in [7, 11) is 0. The lowest BCUT2D eigenvalue weighted by Crippen LogP contribution is -2.33. The third kappa shape index (κ3) is 5.10. The van der Waals surface area contributed by atoms with E-state index in [1.165, 1.54) is 0 Å². The normalized spacial score (nSPS) is 11.6. The molecule has 0 bridgehead atoms. The molecule has 0 radical (unpaired) electrons. The van der Waals surface area contributed by atoms with Crippen molar-refractivity contribution in [2.45, 2.75) is 12.3 Å². The number of alkyl halides is 4. The van der Waals surface area contributed by atoms with E-state index in [-0.39, 0.29) is 21.5 Å². The molecule has 27 heavy (non-hydrogen) atoms. The molecule has 0 atom stereocenters. The van der Waals surface area contributed by atoms with Crippen LogP contribution in [0.25, 0.3) is 0 Å². The van der Waals surface area contributed by atoms with Crippen LogP contribution in [0.4, 0.5) is 22.0 Å². The first kappa shape index (κ1) is 21.0. The van der Waals surface area contributed by atoms with Crippen molar-refractivity contribution in [3.8, 4) is 17.4 Å². The number of hydrogen-bond donors (Lipinski definition) is 1. The Morgan fingerprint density at radius 3 is 2.44 bits per heavy atom. The molecule has 5 nitrogen and oxygen atoms in total. The summed E-state index contributed by atoms with van der Waals surface area (Å²) in [6.07, 6.45) is -2.99. The maximum Gasteiger partial charge on any atom is 0.340 e. The van der Waals surface area contributed by atoms with E-state index in [4.69, 9.17) is 33.0 Å². The van der Waals surface area contributed by atoms with Crippen LogP contribution in [0, 0.1) is 5.82 Å². The molecule has 0 aliphatic carbocycles. The topological polar surface area (TPSA) is 68.7 Å². The first-order valence-corrected chi connectivity index (χ1v) is 7.61. The van der Waals surface area contributed by atoms with Crippen LogP contribution >= 0.6 is 23.2 Å². The third-order valence-electron chi connectivity index (χ3n) is 2.98. The minimum atomic E-state index is -4.39. The summed E-state index contributed by atoms with van der Waals surface area (Å²) in [5.74, 6) is -7.99. The van der Waals surface area contributed by atoms with Crippen molar-refractivity contribution in [3.63, 3.8) is 0 Å². The van der Waals surface area contributed by atoms with Gasteiger partial charge in [0.15, 0.2) is 6.61 Å². The van der Waals surface area contributed by atoms with Crippen LogP contribution in [0.2, 0.25) is 10.0 Å². The van der Waals surface area contributed by atoms with Gasteiger partial charge < -0.3 is 14.6 Å². The minimum absolute atomic E-state index is 0.127. The predicted octanol–water partition coefficient (Wildman–Crippen LogP) is 5.30. The number of carbonyl (C=O) groups is 1. The van der Waals surface area contributed by atoms with E-state index in [9.17, 15) is 26.7 Å². The highest BCUT2D eigenvalue weighted by Gasteiger charge is 2.42. The molecule has 0 aliphatic heterocycles. The second kappa shape index (κ2) is 8.13. The predicted molar refractivity (Wildman–Crippen MR) is 84.1 cm³/mol. The molecule has 1 aromatic carbocycles. The van der Waals surface area contributed by atoms with Gasteiger partial charge in [0.05, 0.1) is 16.8 Å². The number of halogens is 7. The maximum atomic E-state index is 13.7. The lowest BCUT2D eigenvalue weighted by Gasteiger charge is -2.16. The van der Waals surface area contributed by atoms with Crippen LogP contribution in [-0.2, 0) is 0 Å². The molecular weight excluding hydrogens is 424 g/mol. The van der Waals surface area contributed by atoms with Crippen LogP contribution in [-0.4, -0.2) is 35.0 Å². The van der Waals surface area contributed by atoms with E-state index < -0.39 is 42.2 Å². The van der Waals surface area contributed by atoms with Crippen LogP contribution in [0.5, 0.6) is 17.4 Å². The number of carboxylic acids is 1. The summed E-state index contributed by atoms with van der Waals surface area (Å²) >= 11 is 11.6. The number of benzene rings is 1. The molecular formula is C15H8Cl2F5NO4. The van der Waals surface area contributed by atoms with Gasteiger partial charge in [-0.1, -0.05) is 23.2 Å². The number of aromatic nitrogens is 1. The largest absolute Gasteiger partial charge is 0.478 e. The van der Waals surface area contributed by atoms with Gasteiger partial charge >= 0.3 is 18.3 Å². The van der Waals surface area contributed by atoms with Crippen molar-refractivity contribution in [3.05, 3.63) is 45.8 Å². The quantitative estimate of drug-likeness (QED) is 0.602. The van der Waals surface area contributed by atoms with Gasteiger partial charge in [0.1, 0.15) is 22.3 Å². The summed E-state index contributed by atoms with van der Waals surface area (Å²) in [6, 6.07) is 2.57. The molecule has 0 amide bonds. The number of carboxylic acid groups (broad SMARTS) is 1. The number of hydrogen-bond acceptors (Lipinski definition) is 4. The number of nitrogens with zero attached hydrogens (tertiary/aromatic N) is 1. The number of aromatic carboxylic acids is 1. The Morgan fingerprint density at radius 1 is 1.22 bits per heavy atom. The minimum Gasteiger partial charge on any atom is -0.478 e. The van der Waals surface area contributed by atoms with E-state index in [1.807, 2.05) is 0 Å². The van der Waals surface area contributed by atoms with Crippen molar-refractivity contribution >= 4 is 29.2 Å². The fourth-order valence-corrected chi connectivity index (χ4v) is 2.11. The zero-order valence-corrected chi connectivity index (χ0v) is 14.4. The van der Waals surface area contributed by atoms with Gasteiger partial charge in [-0.15, -0.1) is 0 Å². The van der Waals surface area contributed by atoms with Gasteiger partial charge in [-0.2, -0.15) is 8.78 Å². The summed E-state index contributed by atoms with van der Waals surface area (Å²) in [4.78, 5) is 14.4. The SMILES string of the molecule is O=C(O)c1cc(Cl)c(Oc2cnc(OCC(F)(F)C(F)F)c(Cl)c2)cc1F. The van der Waals surface area contributed by atoms with Gasteiger partial charge in [0, 0.05) is 12.1 Å². The van der Waals surface area contributed by atoms with Gasteiger partial charge in [-0.25, -0.2) is 22.9 Å². The second-order valence-corrected chi connectivity index (χ2v) is 5.79. The van der Waals surface area contributed by atoms with Crippen molar-refractivity contribution in [2.75, 3.05) is 6.61 Å². The highest BCUT2D eigenvalue weighted by molar-refractivity contribution is 6.32. The Morgan fingerprint density at radius 2 is 1.89 bits per heavy atom. The molecule has 2 rings (SSSR count). The van der Waals surface area contributed by atoms with Crippen molar-refractivity contribution in [1.29, 1.82) is 0 Å². The summed E-state index contributed by atoms with van der Waals surface area (Å²) in [5.41, 5.74) is -0.674. The lowest BCUT2D eigenvalue weighted by molar-refractivity contribution is -0.148. The second-order valence-electron chi connectivity index (χ2n) is 4.98. The fraction of sp³-hybridized carbons (Fsp3) is 0.200. The molecule has 0 spiro atoms. The maximum absolute atomic E-state index is 13.7. The third-order valence-corrected chi connectivity index (χ3v) is 3.55. The fourth-order valence-electron chi connectivity index (χ4n) is 1.70. The van der Waals surface area contributed by atoms with Crippen LogP contribution < -0.4 is 9.47 Å². The Bertz CT molecular complexity index is 866. The zero-order valence-electron chi connectivity index (χ0n) is 12.9. The Kier molecular flexibility index (Phi) is 6.32. The molecule has 1 heterocycles. The molecule has 12 heteroatoms. The Labute approximate surface area is 158 Å². The van der Waals surface area contributed by atoms with Gasteiger partial charge in [0.2, 0.25) is 5.88 Å². The monoisotopic (exact) mass is 431 g/mol. The zero-order chi connectivity index (χ0) is 20.4. The van der Waals surface area contributed by atoms with Crippen molar-refractivity contribution < 1.29 is 41.3 Å². The van der Waals surface area contributed by atoms with E-state index in [2.05, 4.69) is 9.72 Å². The standard InChI is InChI=1S/C15H8Cl2F5NO4/c16-8-2-7(13(24)25)10(18)3-11(8)27-6-1-9(17)12(23-4-6)26-5-15(21,22)14(19)20/h1-4,14H,5H2,(H,24,25). The van der Waals surface area contributed by atoms with E-state index in [0.29, 0.717) is 6.07 Å². The summed E-state index contributed by atoms with van der Waals surface area (Å²) < 4.78 is 73.2. The summed E-state index contributed by atoms with van der Waals surface area (Å²) in [5, 5.41) is 8.21. The molecule has 0 aliphatic rings. The molecule has 0 fully saturated rings. The number of pyridine rings is 1. The van der Waals surface area contributed by atoms with E-state index in [1.54, 1.807) is 0 Å². The smallest absolute Gasteiger partial charge is 0.340 e. The lowest BCUT2D eigenvalue weighted by atomic mass is 10.2. The summed E-state index contributed by atoms with van der Waals surface area (Å²) in [6.45, 7) is -1.65. The molecule has 1 N–H and O–H groups in total. The molecule has 1 aromatic heterocycles. The average Bonchev–Trinajstić information content (AvgIpc) is 2.56. The van der Waals surface area contributed by atoms with Gasteiger partial charge in [0.25, 0.3) is 0 Å². The Hall–Kier alpha value is -2.33. The Balaban J connectivity index is 2.17. The van der Waals surface area contributed by atoms with Crippen LogP contribution in [0.1, 0.15) is 10.4 Å². The van der Waals surface area contributed by atoms with Crippen LogP contribution in [0.3, 0.4) is 0 Å². The molecule has 146 valence electrons. The number of rotatable bonds is 7.